The van der Waals surface area contributed by atoms with Crippen LogP contribution in [0.4, 0.5) is 0 Å². The molecule has 128 valence electrons. The molecule has 0 aromatic heterocycles. The third-order valence-electron chi connectivity index (χ3n) is 5.04. The average molecular weight is 338 g/mol. The molecular formula is C18H28ClN3O. The van der Waals surface area contributed by atoms with Crippen LogP contribution in [0.3, 0.4) is 0 Å². The Balaban J connectivity index is 0.00000192. The van der Waals surface area contributed by atoms with Crippen LogP contribution in [-0.2, 0) is 4.79 Å². The molecule has 5 heteroatoms. The molecule has 2 atom stereocenters. The number of benzene rings is 1. The molecule has 0 spiro atoms. The van der Waals surface area contributed by atoms with E-state index in [1.165, 1.54) is 18.4 Å². The number of nitrogens with zero attached hydrogens (tertiary/aromatic N) is 1. The summed E-state index contributed by atoms with van der Waals surface area (Å²) in [6.45, 7) is 2.66. The molecule has 1 saturated heterocycles. The van der Waals surface area contributed by atoms with Gasteiger partial charge in [0.1, 0.15) is 0 Å². The fourth-order valence-electron chi connectivity index (χ4n) is 3.78. The summed E-state index contributed by atoms with van der Waals surface area (Å²) in [4.78, 5) is 14.3. The molecule has 1 aromatic carbocycles. The second-order valence-corrected chi connectivity index (χ2v) is 6.74. The number of rotatable bonds is 5. The van der Waals surface area contributed by atoms with Gasteiger partial charge >= 0.3 is 0 Å². The van der Waals surface area contributed by atoms with Crippen molar-refractivity contribution in [3.63, 3.8) is 0 Å². The van der Waals surface area contributed by atoms with Crippen LogP contribution < -0.4 is 11.1 Å². The molecule has 4 nitrogen and oxygen atoms in total. The second kappa shape index (κ2) is 8.67. The molecule has 1 aromatic rings. The maximum Gasteiger partial charge on any atom is 0.221 e. The quantitative estimate of drug-likeness (QED) is 0.866. The second-order valence-electron chi connectivity index (χ2n) is 6.74. The smallest absolute Gasteiger partial charge is 0.221 e. The first-order chi connectivity index (χ1) is 10.7. The van der Waals surface area contributed by atoms with Gasteiger partial charge in [-0.3, -0.25) is 4.79 Å². The molecule has 0 radical (unpaired) electrons. The molecule has 1 aliphatic carbocycles. The Morgan fingerprint density at radius 2 is 1.87 bits per heavy atom. The predicted octanol–water partition coefficient (Wildman–Crippen LogP) is 2.28. The van der Waals surface area contributed by atoms with E-state index >= 15 is 0 Å². The van der Waals surface area contributed by atoms with Crippen LogP contribution in [0.25, 0.3) is 0 Å². The maximum absolute atomic E-state index is 12.0. The van der Waals surface area contributed by atoms with Crippen molar-refractivity contribution >= 4 is 18.3 Å². The lowest BCUT2D eigenvalue weighted by atomic mass is 9.95. The van der Waals surface area contributed by atoms with Gasteiger partial charge in [-0.2, -0.15) is 0 Å². The number of amides is 1. The number of hydrogen-bond donors (Lipinski definition) is 2. The van der Waals surface area contributed by atoms with Gasteiger partial charge in [-0.15, -0.1) is 12.4 Å². The summed E-state index contributed by atoms with van der Waals surface area (Å²) in [5.41, 5.74) is 7.61. The van der Waals surface area contributed by atoms with E-state index in [1.54, 1.807) is 0 Å². The standard InChI is InChI=1S/C18H27N3O.ClH/c19-17-13-21(12-16(17)14-6-2-1-3-7-14)11-10-18(22)20-15-8-4-5-9-15;/h1-3,6-7,15-17H,4-5,8-13,19H2,(H,20,22);1H/t16-,17+;/m0./s1. The van der Waals surface area contributed by atoms with Crippen LogP contribution in [-0.4, -0.2) is 42.5 Å². The number of hydrogen-bond acceptors (Lipinski definition) is 3. The topological polar surface area (TPSA) is 58.4 Å². The Bertz CT molecular complexity index is 490. The normalized spacial score (nSPS) is 25.3. The molecule has 23 heavy (non-hydrogen) atoms. The monoisotopic (exact) mass is 337 g/mol. The lowest BCUT2D eigenvalue weighted by Gasteiger charge is -2.17. The summed E-state index contributed by atoms with van der Waals surface area (Å²) in [6, 6.07) is 11.1. The molecule has 0 unspecified atom stereocenters. The Morgan fingerprint density at radius 3 is 2.57 bits per heavy atom. The van der Waals surface area contributed by atoms with Crippen molar-refractivity contribution in [1.82, 2.24) is 10.2 Å². The molecule has 2 fully saturated rings. The van der Waals surface area contributed by atoms with Crippen LogP contribution in [0.2, 0.25) is 0 Å². The zero-order valence-corrected chi connectivity index (χ0v) is 14.4. The van der Waals surface area contributed by atoms with E-state index in [0.29, 0.717) is 18.4 Å². The molecule has 2 aliphatic rings. The maximum atomic E-state index is 12.0. The largest absolute Gasteiger partial charge is 0.353 e. The van der Waals surface area contributed by atoms with Crippen LogP contribution in [0.1, 0.15) is 43.6 Å². The zero-order chi connectivity index (χ0) is 15.4. The van der Waals surface area contributed by atoms with Crippen LogP contribution in [0.15, 0.2) is 30.3 Å². The van der Waals surface area contributed by atoms with E-state index in [-0.39, 0.29) is 24.4 Å². The van der Waals surface area contributed by atoms with Crippen molar-refractivity contribution in [3.05, 3.63) is 35.9 Å². The highest BCUT2D eigenvalue weighted by Gasteiger charge is 2.31. The van der Waals surface area contributed by atoms with E-state index in [0.717, 1.165) is 32.5 Å². The van der Waals surface area contributed by atoms with Gasteiger partial charge in [0.05, 0.1) is 0 Å². The number of carbonyl (C=O) groups excluding carboxylic acids is 1. The summed E-state index contributed by atoms with van der Waals surface area (Å²) in [5.74, 6) is 0.586. The summed E-state index contributed by atoms with van der Waals surface area (Å²) >= 11 is 0. The van der Waals surface area contributed by atoms with Crippen molar-refractivity contribution in [2.24, 2.45) is 5.73 Å². The fourth-order valence-corrected chi connectivity index (χ4v) is 3.78. The molecule has 1 aliphatic heterocycles. The van der Waals surface area contributed by atoms with E-state index in [9.17, 15) is 4.79 Å². The van der Waals surface area contributed by atoms with Gasteiger partial charge in [-0.1, -0.05) is 43.2 Å². The highest BCUT2D eigenvalue weighted by molar-refractivity contribution is 5.85. The highest BCUT2D eigenvalue weighted by atomic mass is 35.5. The Labute approximate surface area is 145 Å². The van der Waals surface area contributed by atoms with Crippen molar-refractivity contribution in [3.8, 4) is 0 Å². The molecule has 1 heterocycles. The van der Waals surface area contributed by atoms with E-state index in [2.05, 4.69) is 34.5 Å². The third kappa shape index (κ3) is 4.93. The van der Waals surface area contributed by atoms with E-state index in [1.807, 2.05) is 6.07 Å². The minimum absolute atomic E-state index is 0. The molecule has 1 saturated carbocycles. The fraction of sp³-hybridized carbons (Fsp3) is 0.611. The van der Waals surface area contributed by atoms with Gasteiger partial charge in [0.2, 0.25) is 5.91 Å². The predicted molar refractivity (Wildman–Crippen MR) is 95.9 cm³/mol. The van der Waals surface area contributed by atoms with Crippen LogP contribution >= 0.6 is 12.4 Å². The third-order valence-corrected chi connectivity index (χ3v) is 5.04. The molecular weight excluding hydrogens is 310 g/mol. The molecule has 3 rings (SSSR count). The van der Waals surface area contributed by atoms with Gasteiger partial charge < -0.3 is 16.0 Å². The first-order valence-corrected chi connectivity index (χ1v) is 8.54. The number of nitrogens with one attached hydrogen (secondary N) is 1. The lowest BCUT2D eigenvalue weighted by Crippen LogP contribution is -2.35. The Kier molecular flexibility index (Phi) is 6.88. The number of carbonyl (C=O) groups is 1. The summed E-state index contributed by atoms with van der Waals surface area (Å²) in [5, 5.41) is 3.16. The van der Waals surface area contributed by atoms with Crippen molar-refractivity contribution in [2.75, 3.05) is 19.6 Å². The SMILES string of the molecule is Cl.N[C@@H]1CN(CCC(=O)NC2CCCC2)C[C@H]1c1ccccc1. The minimum atomic E-state index is 0. The minimum Gasteiger partial charge on any atom is -0.353 e. The van der Waals surface area contributed by atoms with Gasteiger partial charge in [0.15, 0.2) is 0 Å². The van der Waals surface area contributed by atoms with Crippen LogP contribution in [0, 0.1) is 0 Å². The van der Waals surface area contributed by atoms with E-state index < -0.39 is 0 Å². The van der Waals surface area contributed by atoms with Gasteiger partial charge in [-0.25, -0.2) is 0 Å². The molecule has 1 amide bonds. The highest BCUT2D eigenvalue weighted by Crippen LogP contribution is 2.26. The van der Waals surface area contributed by atoms with E-state index in [4.69, 9.17) is 5.73 Å². The number of likely N-dealkylation sites (tertiary alicyclic amines) is 1. The average Bonchev–Trinajstić information content (AvgIpc) is 3.16. The Hall–Kier alpha value is -1.10. The Morgan fingerprint density at radius 1 is 1.17 bits per heavy atom. The van der Waals surface area contributed by atoms with Crippen molar-refractivity contribution in [1.29, 1.82) is 0 Å². The first-order valence-electron chi connectivity index (χ1n) is 8.54. The summed E-state index contributed by atoms with van der Waals surface area (Å²) in [7, 11) is 0. The first kappa shape index (κ1) is 18.2. The molecule has 3 N–H and O–H groups in total. The zero-order valence-electron chi connectivity index (χ0n) is 13.6. The molecule has 0 bridgehead atoms. The van der Waals surface area contributed by atoms with Gasteiger partial charge in [0.25, 0.3) is 0 Å². The number of nitrogens with two attached hydrogens (primary N) is 1. The van der Waals surface area contributed by atoms with Crippen LogP contribution in [0.5, 0.6) is 0 Å². The number of halogens is 1. The summed E-state index contributed by atoms with van der Waals surface area (Å²) in [6.07, 6.45) is 5.40. The van der Waals surface area contributed by atoms with Gasteiger partial charge in [-0.05, 0) is 18.4 Å². The lowest BCUT2D eigenvalue weighted by molar-refractivity contribution is -0.122. The van der Waals surface area contributed by atoms with Crippen molar-refractivity contribution in [2.45, 2.75) is 50.1 Å². The van der Waals surface area contributed by atoms with Gasteiger partial charge in [0, 0.05) is 44.1 Å². The summed E-state index contributed by atoms with van der Waals surface area (Å²) < 4.78 is 0. The van der Waals surface area contributed by atoms with Crippen molar-refractivity contribution < 1.29 is 4.79 Å².